The van der Waals surface area contributed by atoms with Gasteiger partial charge in [-0.15, -0.1) is 11.3 Å². The van der Waals surface area contributed by atoms with Crippen molar-refractivity contribution in [2.45, 2.75) is 38.5 Å². The molecule has 1 N–H and O–H groups in total. The minimum atomic E-state index is -0.530. The molecule has 1 atom stereocenters. The van der Waals surface area contributed by atoms with Gasteiger partial charge in [0.25, 0.3) is 0 Å². The van der Waals surface area contributed by atoms with E-state index in [1.54, 1.807) is 24.3 Å². The number of rotatable bonds is 5. The molecular weight excluding hydrogens is 280 g/mol. The van der Waals surface area contributed by atoms with Gasteiger partial charge in [-0.3, -0.25) is 0 Å². The molecule has 0 saturated heterocycles. The molecule has 108 valence electrons. The van der Waals surface area contributed by atoms with Gasteiger partial charge in [0.1, 0.15) is 0 Å². The number of hydrogen-bond acceptors (Lipinski definition) is 4. The number of anilines is 1. The zero-order valence-corrected chi connectivity index (χ0v) is 12.8. The summed E-state index contributed by atoms with van der Waals surface area (Å²) in [6.45, 7) is 2.62. The first-order valence-corrected chi connectivity index (χ1v) is 8.08. The van der Waals surface area contributed by atoms with Gasteiger partial charge < -0.3 is 10.0 Å². The first-order chi connectivity index (χ1) is 10.2. The molecule has 21 heavy (non-hydrogen) atoms. The number of benzene rings is 1. The van der Waals surface area contributed by atoms with E-state index in [1.807, 2.05) is 12.1 Å². The summed E-state index contributed by atoms with van der Waals surface area (Å²) in [5.41, 5.74) is 2.55. The molecule has 4 heteroatoms. The quantitative estimate of drug-likeness (QED) is 0.912. The standard InChI is InChI=1S/C17H18N2OS/c1-12(20)16-7-4-13(10-18)9-17(16)19(14-5-6-14)11-15-3-2-8-21-15/h2-4,7-9,12,14,20H,5-6,11H2,1H3/t12-/m1/s1. The molecule has 1 saturated carbocycles. The molecule has 1 heterocycles. The van der Waals surface area contributed by atoms with Gasteiger partial charge in [-0.1, -0.05) is 12.1 Å². The summed E-state index contributed by atoms with van der Waals surface area (Å²) < 4.78 is 0. The SMILES string of the molecule is C[C@@H](O)c1ccc(C#N)cc1N(Cc1cccs1)C1CC1. The molecule has 3 rings (SSSR count). The summed E-state index contributed by atoms with van der Waals surface area (Å²) in [7, 11) is 0. The van der Waals surface area contributed by atoms with Crippen molar-refractivity contribution in [1.29, 1.82) is 5.26 Å². The van der Waals surface area contributed by atoms with E-state index in [-0.39, 0.29) is 0 Å². The zero-order chi connectivity index (χ0) is 14.8. The Morgan fingerprint density at radius 1 is 1.43 bits per heavy atom. The number of aliphatic hydroxyl groups excluding tert-OH is 1. The maximum atomic E-state index is 10.0. The predicted molar refractivity (Wildman–Crippen MR) is 85.3 cm³/mol. The highest BCUT2D eigenvalue weighted by Gasteiger charge is 2.31. The minimum absolute atomic E-state index is 0.526. The second-order valence-corrected chi connectivity index (χ2v) is 6.53. The van der Waals surface area contributed by atoms with E-state index in [4.69, 9.17) is 5.26 Å². The van der Waals surface area contributed by atoms with Crippen molar-refractivity contribution < 1.29 is 5.11 Å². The van der Waals surface area contributed by atoms with Gasteiger partial charge in [-0.25, -0.2) is 0 Å². The third kappa shape index (κ3) is 3.10. The molecule has 0 aliphatic heterocycles. The molecule has 1 aromatic heterocycles. The normalized spacial score (nSPS) is 15.5. The first-order valence-electron chi connectivity index (χ1n) is 7.20. The lowest BCUT2D eigenvalue weighted by atomic mass is 10.0. The van der Waals surface area contributed by atoms with Gasteiger partial charge in [0, 0.05) is 22.2 Å². The molecular formula is C17H18N2OS. The molecule has 3 nitrogen and oxygen atoms in total. The summed E-state index contributed by atoms with van der Waals surface area (Å²) in [5.74, 6) is 0. The molecule has 0 bridgehead atoms. The fourth-order valence-corrected chi connectivity index (χ4v) is 3.29. The Hall–Kier alpha value is -1.83. The topological polar surface area (TPSA) is 47.3 Å². The minimum Gasteiger partial charge on any atom is -0.389 e. The van der Waals surface area contributed by atoms with Crippen LogP contribution < -0.4 is 4.90 Å². The van der Waals surface area contributed by atoms with Crippen LogP contribution in [-0.2, 0) is 6.54 Å². The number of thiophene rings is 1. The molecule has 2 aromatic rings. The molecule has 1 aromatic carbocycles. The molecule has 0 amide bonds. The van der Waals surface area contributed by atoms with Crippen LogP contribution in [0.5, 0.6) is 0 Å². The number of nitrogens with zero attached hydrogens (tertiary/aromatic N) is 2. The van der Waals surface area contributed by atoms with Crippen molar-refractivity contribution in [3.05, 3.63) is 51.7 Å². The predicted octanol–water partition coefficient (Wildman–Crippen LogP) is 3.84. The zero-order valence-electron chi connectivity index (χ0n) is 12.0. The second kappa shape index (κ2) is 5.88. The molecule has 1 aliphatic rings. The summed E-state index contributed by atoms with van der Waals surface area (Å²) >= 11 is 1.75. The number of nitriles is 1. The maximum absolute atomic E-state index is 10.0. The number of hydrogen-bond donors (Lipinski definition) is 1. The monoisotopic (exact) mass is 298 g/mol. The van der Waals surface area contributed by atoms with Gasteiger partial charge in [-0.2, -0.15) is 5.26 Å². The van der Waals surface area contributed by atoms with Gasteiger partial charge >= 0.3 is 0 Å². The van der Waals surface area contributed by atoms with Gasteiger partial charge in [0.15, 0.2) is 0 Å². The Morgan fingerprint density at radius 2 is 2.24 bits per heavy atom. The number of aliphatic hydroxyl groups is 1. The average molecular weight is 298 g/mol. The van der Waals surface area contributed by atoms with Gasteiger partial charge in [0.05, 0.1) is 24.3 Å². The fraction of sp³-hybridized carbons (Fsp3) is 0.353. The highest BCUT2D eigenvalue weighted by Crippen LogP contribution is 2.37. The molecule has 0 radical (unpaired) electrons. The van der Waals surface area contributed by atoms with Crippen LogP contribution in [0.3, 0.4) is 0 Å². The Bertz CT molecular complexity index is 654. The third-order valence-corrected chi connectivity index (χ3v) is 4.67. The van der Waals surface area contributed by atoms with Crippen molar-refractivity contribution >= 4 is 17.0 Å². The largest absolute Gasteiger partial charge is 0.389 e. The van der Waals surface area contributed by atoms with Crippen molar-refractivity contribution in [3.8, 4) is 6.07 Å². The van der Waals surface area contributed by atoms with Crippen LogP contribution in [0.15, 0.2) is 35.7 Å². The molecule has 0 spiro atoms. The van der Waals surface area contributed by atoms with Gasteiger partial charge in [-0.05, 0) is 43.3 Å². The van der Waals surface area contributed by atoms with Crippen LogP contribution in [0.1, 0.15) is 41.9 Å². The van der Waals surface area contributed by atoms with Crippen LogP contribution in [-0.4, -0.2) is 11.1 Å². The summed E-state index contributed by atoms with van der Waals surface area (Å²) in [6, 6.07) is 12.5. The van der Waals surface area contributed by atoms with Crippen molar-refractivity contribution in [2.75, 3.05) is 4.90 Å². The molecule has 1 fully saturated rings. The average Bonchev–Trinajstić information content (AvgIpc) is 3.20. The lowest BCUT2D eigenvalue weighted by molar-refractivity contribution is 0.199. The van der Waals surface area contributed by atoms with Gasteiger partial charge in [0.2, 0.25) is 0 Å². The second-order valence-electron chi connectivity index (χ2n) is 5.50. The van der Waals surface area contributed by atoms with Crippen LogP contribution in [0.4, 0.5) is 5.69 Å². The maximum Gasteiger partial charge on any atom is 0.0992 e. The van der Waals surface area contributed by atoms with Crippen molar-refractivity contribution in [1.82, 2.24) is 0 Å². The van der Waals surface area contributed by atoms with Crippen LogP contribution in [0.2, 0.25) is 0 Å². The Morgan fingerprint density at radius 3 is 2.81 bits per heavy atom. The Balaban J connectivity index is 1.99. The smallest absolute Gasteiger partial charge is 0.0992 e. The highest BCUT2D eigenvalue weighted by molar-refractivity contribution is 7.09. The summed E-state index contributed by atoms with van der Waals surface area (Å²) in [5, 5.41) is 21.3. The summed E-state index contributed by atoms with van der Waals surface area (Å²) in [6.07, 6.45) is 1.83. The van der Waals surface area contributed by atoms with E-state index in [0.29, 0.717) is 11.6 Å². The molecule has 1 aliphatic carbocycles. The van der Waals surface area contributed by atoms with E-state index in [2.05, 4.69) is 28.5 Å². The van der Waals surface area contributed by atoms with Crippen molar-refractivity contribution in [3.63, 3.8) is 0 Å². The third-order valence-electron chi connectivity index (χ3n) is 3.81. The van der Waals surface area contributed by atoms with Crippen LogP contribution in [0.25, 0.3) is 0 Å². The van der Waals surface area contributed by atoms with E-state index in [0.717, 1.165) is 17.8 Å². The summed E-state index contributed by atoms with van der Waals surface area (Å²) in [4.78, 5) is 3.65. The van der Waals surface area contributed by atoms with E-state index >= 15 is 0 Å². The van der Waals surface area contributed by atoms with Crippen LogP contribution >= 0.6 is 11.3 Å². The van der Waals surface area contributed by atoms with E-state index < -0.39 is 6.10 Å². The van der Waals surface area contributed by atoms with Crippen LogP contribution in [0, 0.1) is 11.3 Å². The Kier molecular flexibility index (Phi) is 3.96. The highest BCUT2D eigenvalue weighted by atomic mass is 32.1. The lowest BCUT2D eigenvalue weighted by Gasteiger charge is -2.28. The Labute approximate surface area is 129 Å². The first kappa shape index (κ1) is 14.1. The van der Waals surface area contributed by atoms with E-state index in [1.165, 1.54) is 17.7 Å². The van der Waals surface area contributed by atoms with E-state index in [9.17, 15) is 5.11 Å². The fourth-order valence-electron chi connectivity index (χ4n) is 2.58. The molecule has 0 unspecified atom stereocenters. The lowest BCUT2D eigenvalue weighted by Crippen LogP contribution is -2.26. The van der Waals surface area contributed by atoms with Crippen molar-refractivity contribution in [2.24, 2.45) is 0 Å².